The van der Waals surface area contributed by atoms with Gasteiger partial charge in [-0.2, -0.15) is 0 Å². The first kappa shape index (κ1) is 13.0. The summed E-state index contributed by atoms with van der Waals surface area (Å²) in [4.78, 5) is 4.18. The SMILES string of the molecule is CNCc1nccc(OC)c1OC.Cl. The highest BCUT2D eigenvalue weighted by Crippen LogP contribution is 2.28. The van der Waals surface area contributed by atoms with Gasteiger partial charge < -0.3 is 14.8 Å². The van der Waals surface area contributed by atoms with Crippen molar-refractivity contribution < 1.29 is 9.47 Å². The Balaban J connectivity index is 0.00000169. The number of hydrogen-bond acceptors (Lipinski definition) is 4. The van der Waals surface area contributed by atoms with Gasteiger partial charge in [0.1, 0.15) is 0 Å². The molecule has 0 saturated heterocycles. The Bertz CT molecular complexity index is 282. The van der Waals surface area contributed by atoms with Crippen molar-refractivity contribution in [2.24, 2.45) is 0 Å². The lowest BCUT2D eigenvalue weighted by Gasteiger charge is -2.10. The van der Waals surface area contributed by atoms with E-state index in [1.807, 2.05) is 7.05 Å². The van der Waals surface area contributed by atoms with Crippen LogP contribution in [0.15, 0.2) is 12.3 Å². The minimum Gasteiger partial charge on any atom is -0.493 e. The summed E-state index contributed by atoms with van der Waals surface area (Å²) in [5.74, 6) is 1.40. The molecule has 0 aliphatic heterocycles. The second kappa shape index (κ2) is 6.45. The van der Waals surface area contributed by atoms with Crippen LogP contribution in [0.25, 0.3) is 0 Å². The van der Waals surface area contributed by atoms with E-state index >= 15 is 0 Å². The van der Waals surface area contributed by atoms with Crippen molar-refractivity contribution >= 4 is 12.4 Å². The van der Waals surface area contributed by atoms with E-state index in [9.17, 15) is 0 Å². The smallest absolute Gasteiger partial charge is 0.183 e. The maximum atomic E-state index is 5.19. The molecule has 1 aromatic rings. The third-order valence-electron chi connectivity index (χ3n) is 1.71. The number of pyridine rings is 1. The van der Waals surface area contributed by atoms with Crippen LogP contribution in [0.1, 0.15) is 5.69 Å². The zero-order valence-corrected chi connectivity index (χ0v) is 9.35. The maximum absolute atomic E-state index is 5.19. The van der Waals surface area contributed by atoms with Crippen LogP contribution >= 0.6 is 12.4 Å². The summed E-state index contributed by atoms with van der Waals surface area (Å²) >= 11 is 0. The van der Waals surface area contributed by atoms with Crippen LogP contribution < -0.4 is 14.8 Å². The Kier molecular flexibility index (Phi) is 5.99. The summed E-state index contributed by atoms with van der Waals surface area (Å²) in [7, 11) is 5.08. The van der Waals surface area contributed by atoms with Crippen molar-refractivity contribution in [1.82, 2.24) is 10.3 Å². The zero-order chi connectivity index (χ0) is 9.68. The summed E-state index contributed by atoms with van der Waals surface area (Å²) in [5, 5.41) is 3.01. The highest BCUT2D eigenvalue weighted by Gasteiger charge is 2.09. The van der Waals surface area contributed by atoms with E-state index in [1.165, 1.54) is 0 Å². The molecular formula is C9H15ClN2O2. The predicted octanol–water partition coefficient (Wildman–Crippen LogP) is 1.24. The van der Waals surface area contributed by atoms with Gasteiger partial charge >= 0.3 is 0 Å². The van der Waals surface area contributed by atoms with Crippen molar-refractivity contribution in [2.75, 3.05) is 21.3 Å². The highest BCUT2D eigenvalue weighted by atomic mass is 35.5. The van der Waals surface area contributed by atoms with Crippen molar-refractivity contribution in [2.45, 2.75) is 6.54 Å². The predicted molar refractivity (Wildman–Crippen MR) is 57.4 cm³/mol. The summed E-state index contributed by atoms with van der Waals surface area (Å²) in [6.07, 6.45) is 1.70. The first-order valence-electron chi connectivity index (χ1n) is 4.04. The van der Waals surface area contributed by atoms with Gasteiger partial charge in [-0.1, -0.05) is 0 Å². The summed E-state index contributed by atoms with van der Waals surface area (Å²) in [5.41, 5.74) is 0.851. The molecule has 0 aliphatic carbocycles. The lowest BCUT2D eigenvalue weighted by Crippen LogP contribution is -2.09. The fourth-order valence-electron chi connectivity index (χ4n) is 1.14. The Labute approximate surface area is 90.0 Å². The highest BCUT2D eigenvalue weighted by molar-refractivity contribution is 5.85. The molecule has 0 spiro atoms. The second-order valence-corrected chi connectivity index (χ2v) is 2.52. The van der Waals surface area contributed by atoms with E-state index in [1.54, 1.807) is 26.5 Å². The van der Waals surface area contributed by atoms with Gasteiger partial charge in [-0.25, -0.2) is 0 Å². The molecule has 0 unspecified atom stereocenters. The number of nitrogens with zero attached hydrogens (tertiary/aromatic N) is 1. The third-order valence-corrected chi connectivity index (χ3v) is 1.71. The van der Waals surface area contributed by atoms with Crippen LogP contribution in [0, 0.1) is 0 Å². The number of nitrogens with one attached hydrogen (secondary N) is 1. The van der Waals surface area contributed by atoms with Crippen molar-refractivity contribution in [1.29, 1.82) is 0 Å². The van der Waals surface area contributed by atoms with Crippen molar-refractivity contribution in [3.05, 3.63) is 18.0 Å². The van der Waals surface area contributed by atoms with Crippen molar-refractivity contribution in [3.63, 3.8) is 0 Å². The van der Waals surface area contributed by atoms with E-state index in [0.29, 0.717) is 18.0 Å². The minimum absolute atomic E-state index is 0. The van der Waals surface area contributed by atoms with Gasteiger partial charge in [0, 0.05) is 18.8 Å². The monoisotopic (exact) mass is 218 g/mol. The molecular weight excluding hydrogens is 204 g/mol. The molecule has 0 radical (unpaired) electrons. The molecule has 0 aromatic carbocycles. The number of halogens is 1. The Morgan fingerprint density at radius 2 is 2.07 bits per heavy atom. The maximum Gasteiger partial charge on any atom is 0.183 e. The van der Waals surface area contributed by atoms with Gasteiger partial charge in [0.2, 0.25) is 0 Å². The number of ether oxygens (including phenoxy) is 2. The molecule has 1 aromatic heterocycles. The number of methoxy groups -OCH3 is 2. The lowest BCUT2D eigenvalue weighted by molar-refractivity contribution is 0.348. The summed E-state index contributed by atoms with van der Waals surface area (Å²) < 4.78 is 10.3. The van der Waals surface area contributed by atoms with Crippen molar-refractivity contribution in [3.8, 4) is 11.5 Å². The van der Waals surface area contributed by atoms with E-state index in [-0.39, 0.29) is 12.4 Å². The Morgan fingerprint density at radius 3 is 2.57 bits per heavy atom. The zero-order valence-electron chi connectivity index (χ0n) is 8.53. The molecule has 0 amide bonds. The van der Waals surface area contributed by atoms with E-state index in [4.69, 9.17) is 9.47 Å². The Morgan fingerprint density at radius 1 is 1.36 bits per heavy atom. The number of hydrogen-bond donors (Lipinski definition) is 1. The third kappa shape index (κ3) is 2.75. The van der Waals surface area contributed by atoms with Crippen LogP contribution in [0.3, 0.4) is 0 Å². The number of aromatic nitrogens is 1. The molecule has 0 aliphatic rings. The van der Waals surface area contributed by atoms with Gasteiger partial charge in [-0.05, 0) is 7.05 Å². The van der Waals surface area contributed by atoms with Crippen LogP contribution in [0.2, 0.25) is 0 Å². The second-order valence-electron chi connectivity index (χ2n) is 2.52. The molecule has 14 heavy (non-hydrogen) atoms. The standard InChI is InChI=1S/C9H14N2O2.ClH/c1-10-6-7-9(13-3)8(12-2)4-5-11-7;/h4-5,10H,6H2,1-3H3;1H. The molecule has 1 heterocycles. The summed E-state index contributed by atoms with van der Waals surface area (Å²) in [6.45, 7) is 0.667. The van der Waals surface area contributed by atoms with Gasteiger partial charge in [-0.3, -0.25) is 4.98 Å². The van der Waals surface area contributed by atoms with Gasteiger partial charge in [-0.15, -0.1) is 12.4 Å². The minimum atomic E-state index is 0. The first-order valence-corrected chi connectivity index (χ1v) is 4.04. The molecule has 1 rings (SSSR count). The van der Waals surface area contributed by atoms with Gasteiger partial charge in [0.05, 0.1) is 19.9 Å². The molecule has 4 nitrogen and oxygen atoms in total. The molecule has 0 fully saturated rings. The Hall–Kier alpha value is -1.000. The van der Waals surface area contributed by atoms with Gasteiger partial charge in [0.15, 0.2) is 11.5 Å². The molecule has 0 saturated carbocycles. The largest absolute Gasteiger partial charge is 0.493 e. The molecule has 0 bridgehead atoms. The van der Waals surface area contributed by atoms with E-state index in [2.05, 4.69) is 10.3 Å². The van der Waals surface area contributed by atoms with Crippen LogP contribution in [-0.2, 0) is 6.54 Å². The molecule has 5 heteroatoms. The van der Waals surface area contributed by atoms with Crippen LogP contribution in [0.4, 0.5) is 0 Å². The van der Waals surface area contributed by atoms with Crippen LogP contribution in [-0.4, -0.2) is 26.3 Å². The van der Waals surface area contributed by atoms with Crippen LogP contribution in [0.5, 0.6) is 11.5 Å². The number of rotatable bonds is 4. The average molecular weight is 219 g/mol. The average Bonchev–Trinajstić information content (AvgIpc) is 2.18. The normalized spacial score (nSPS) is 9.07. The lowest BCUT2D eigenvalue weighted by atomic mass is 10.3. The quantitative estimate of drug-likeness (QED) is 0.826. The van der Waals surface area contributed by atoms with Gasteiger partial charge in [0.25, 0.3) is 0 Å². The fraction of sp³-hybridized carbons (Fsp3) is 0.444. The first-order chi connectivity index (χ1) is 6.33. The summed E-state index contributed by atoms with van der Waals surface area (Å²) in [6, 6.07) is 1.78. The van der Waals surface area contributed by atoms with E-state index in [0.717, 1.165) is 5.69 Å². The van der Waals surface area contributed by atoms with E-state index < -0.39 is 0 Å². The molecule has 1 N–H and O–H groups in total. The molecule has 80 valence electrons. The fourth-order valence-corrected chi connectivity index (χ4v) is 1.14. The molecule has 0 atom stereocenters. The topological polar surface area (TPSA) is 43.4 Å².